The van der Waals surface area contributed by atoms with E-state index in [-0.39, 0.29) is 5.92 Å². The summed E-state index contributed by atoms with van der Waals surface area (Å²) >= 11 is 7.31. The number of amidine groups is 1. The quantitative estimate of drug-likeness (QED) is 0.478. The molecular weight excluding hydrogens is 442 g/mol. The van der Waals surface area contributed by atoms with E-state index in [1.807, 2.05) is 36.4 Å². The molecule has 1 aliphatic rings. The highest BCUT2D eigenvalue weighted by Gasteiger charge is 2.32. The van der Waals surface area contributed by atoms with Crippen LogP contribution in [0.4, 0.5) is 0 Å². The molecule has 2 aromatic rings. The van der Waals surface area contributed by atoms with Gasteiger partial charge in [-0.15, -0.1) is 4.40 Å². The largest absolute Gasteiger partial charge is 0.324 e. The summed E-state index contributed by atoms with van der Waals surface area (Å²) in [6, 6.07) is 11.4. The molecular formula is C20H24ClN5O2S2. The highest BCUT2D eigenvalue weighted by atomic mass is 35.5. The fourth-order valence-electron chi connectivity index (χ4n) is 3.26. The van der Waals surface area contributed by atoms with Crippen LogP contribution < -0.4 is 0 Å². The summed E-state index contributed by atoms with van der Waals surface area (Å²) in [6.45, 7) is 4.80. The van der Waals surface area contributed by atoms with Crippen molar-refractivity contribution in [1.29, 1.82) is 0 Å². The van der Waals surface area contributed by atoms with Crippen LogP contribution in [0.1, 0.15) is 30.9 Å². The molecule has 1 aromatic carbocycles. The van der Waals surface area contributed by atoms with E-state index in [1.165, 1.54) is 16.1 Å². The van der Waals surface area contributed by atoms with Crippen molar-refractivity contribution in [3.8, 4) is 0 Å². The summed E-state index contributed by atoms with van der Waals surface area (Å²) in [6.07, 6.45) is 5.28. The Bertz CT molecular complexity index is 1020. The summed E-state index contributed by atoms with van der Waals surface area (Å²) in [5, 5.41) is 7.41. The van der Waals surface area contributed by atoms with Crippen LogP contribution in [0.5, 0.6) is 0 Å². The lowest BCUT2D eigenvalue weighted by atomic mass is 9.91. The molecule has 0 N–H and O–H groups in total. The number of aromatic nitrogens is 1. The maximum Gasteiger partial charge on any atom is 0.324 e. The summed E-state index contributed by atoms with van der Waals surface area (Å²) < 4.78 is 30.8. The highest BCUT2D eigenvalue weighted by Crippen LogP contribution is 2.30. The van der Waals surface area contributed by atoms with Gasteiger partial charge in [-0.05, 0) is 41.6 Å². The van der Waals surface area contributed by atoms with E-state index < -0.39 is 10.2 Å². The molecule has 30 heavy (non-hydrogen) atoms. The van der Waals surface area contributed by atoms with Gasteiger partial charge < -0.3 is 0 Å². The van der Waals surface area contributed by atoms with Crippen molar-refractivity contribution in [2.45, 2.75) is 19.8 Å². The molecule has 2 heterocycles. The minimum Gasteiger partial charge on any atom is -0.265 e. The number of rotatable bonds is 6. The number of hydrogen-bond donors (Lipinski definition) is 0. The van der Waals surface area contributed by atoms with Gasteiger partial charge in [0, 0.05) is 36.4 Å². The van der Waals surface area contributed by atoms with Crippen molar-refractivity contribution >= 4 is 44.5 Å². The molecule has 10 heteroatoms. The molecule has 1 aliphatic heterocycles. The number of benzene rings is 1. The molecule has 0 bridgehead atoms. The van der Waals surface area contributed by atoms with Crippen molar-refractivity contribution in [2.24, 2.45) is 9.50 Å². The molecule has 0 saturated carbocycles. The molecule has 1 atom stereocenters. The standard InChI is InChI=1S/C20H24ClN5O2S2/c1-4-25(5-2)30(27,28)24-20(29-3)26-14-18(15-10-12-22-13-11-15)19(23-26)16-6-8-17(21)9-7-16/h6-13,18H,4-5,14H2,1-3H3. The van der Waals surface area contributed by atoms with E-state index in [1.54, 1.807) is 37.5 Å². The average molecular weight is 466 g/mol. The van der Waals surface area contributed by atoms with Gasteiger partial charge >= 0.3 is 10.2 Å². The van der Waals surface area contributed by atoms with E-state index in [9.17, 15) is 8.42 Å². The van der Waals surface area contributed by atoms with Crippen LogP contribution in [0.15, 0.2) is 58.3 Å². The van der Waals surface area contributed by atoms with E-state index in [0.717, 1.165) is 16.8 Å². The van der Waals surface area contributed by atoms with Crippen LogP contribution in [0.3, 0.4) is 0 Å². The maximum atomic E-state index is 12.7. The fraction of sp³-hybridized carbons (Fsp3) is 0.350. The molecule has 1 unspecified atom stereocenters. The monoisotopic (exact) mass is 465 g/mol. The van der Waals surface area contributed by atoms with Crippen LogP contribution in [0.2, 0.25) is 5.02 Å². The second-order valence-electron chi connectivity index (χ2n) is 6.55. The first-order valence-corrected chi connectivity index (χ1v) is 12.6. The SMILES string of the molecule is CCN(CC)S(=O)(=O)N=C(SC)N1CC(c2ccncc2)C(c2ccc(Cl)cc2)=N1. The topological polar surface area (TPSA) is 78.2 Å². The zero-order valence-corrected chi connectivity index (χ0v) is 19.5. The highest BCUT2D eigenvalue weighted by molar-refractivity contribution is 8.13. The Labute approximate surface area is 187 Å². The van der Waals surface area contributed by atoms with Gasteiger partial charge in [0.25, 0.3) is 0 Å². The first-order valence-electron chi connectivity index (χ1n) is 9.55. The molecule has 0 radical (unpaired) electrons. The van der Waals surface area contributed by atoms with Crippen LogP contribution in [-0.2, 0) is 10.2 Å². The van der Waals surface area contributed by atoms with Gasteiger partial charge in [0.1, 0.15) is 0 Å². The molecule has 1 aromatic heterocycles. The minimum absolute atomic E-state index is 0.0531. The Morgan fingerprint density at radius 2 is 1.83 bits per heavy atom. The van der Waals surface area contributed by atoms with Crippen molar-refractivity contribution in [1.82, 2.24) is 14.3 Å². The van der Waals surface area contributed by atoms with Crippen LogP contribution in [-0.4, -0.2) is 59.5 Å². The summed E-state index contributed by atoms with van der Waals surface area (Å²) in [4.78, 5) is 4.10. The lowest BCUT2D eigenvalue weighted by molar-refractivity contribution is 0.443. The Morgan fingerprint density at radius 1 is 1.20 bits per heavy atom. The van der Waals surface area contributed by atoms with E-state index in [0.29, 0.717) is 29.8 Å². The fourth-order valence-corrected chi connectivity index (χ4v) is 5.35. The van der Waals surface area contributed by atoms with Crippen LogP contribution >= 0.6 is 23.4 Å². The Hall–Kier alpha value is -1.94. The number of pyridine rings is 1. The van der Waals surface area contributed by atoms with Crippen molar-refractivity contribution in [2.75, 3.05) is 25.9 Å². The summed E-state index contributed by atoms with van der Waals surface area (Å²) in [5.74, 6) is -0.0531. The molecule has 0 fully saturated rings. The lowest BCUT2D eigenvalue weighted by Crippen LogP contribution is -2.32. The Morgan fingerprint density at radius 3 is 2.40 bits per heavy atom. The van der Waals surface area contributed by atoms with Crippen molar-refractivity contribution in [3.05, 3.63) is 64.9 Å². The predicted octanol–water partition coefficient (Wildman–Crippen LogP) is 3.84. The molecule has 160 valence electrons. The zero-order chi connectivity index (χ0) is 21.7. The zero-order valence-electron chi connectivity index (χ0n) is 17.1. The second kappa shape index (κ2) is 9.91. The van der Waals surface area contributed by atoms with Gasteiger partial charge in [0.15, 0.2) is 5.17 Å². The van der Waals surface area contributed by atoms with E-state index >= 15 is 0 Å². The lowest BCUT2D eigenvalue weighted by Gasteiger charge is -2.19. The number of hydrogen-bond acceptors (Lipinski definition) is 5. The Kier molecular flexibility index (Phi) is 7.51. The molecule has 7 nitrogen and oxygen atoms in total. The third-order valence-corrected chi connectivity index (χ3v) is 7.40. The number of hydrazone groups is 1. The normalized spacial score (nSPS) is 17.5. The Balaban J connectivity index is 2.02. The average Bonchev–Trinajstić information content (AvgIpc) is 3.19. The van der Waals surface area contributed by atoms with Crippen molar-refractivity contribution < 1.29 is 8.42 Å². The van der Waals surface area contributed by atoms with Gasteiger partial charge in [0.05, 0.1) is 12.3 Å². The molecule has 0 aliphatic carbocycles. The van der Waals surface area contributed by atoms with Gasteiger partial charge in [-0.2, -0.15) is 17.8 Å². The third-order valence-electron chi connectivity index (χ3n) is 4.79. The molecule has 0 saturated heterocycles. The first kappa shape index (κ1) is 22.7. The summed E-state index contributed by atoms with van der Waals surface area (Å²) in [5.41, 5.74) is 2.81. The second-order valence-corrected chi connectivity index (χ2v) is 9.35. The van der Waals surface area contributed by atoms with Gasteiger partial charge in [-0.1, -0.05) is 49.3 Å². The van der Waals surface area contributed by atoms with Gasteiger partial charge in [-0.25, -0.2) is 5.01 Å². The van der Waals surface area contributed by atoms with Crippen molar-refractivity contribution in [3.63, 3.8) is 0 Å². The minimum atomic E-state index is -3.78. The van der Waals surface area contributed by atoms with Gasteiger partial charge in [0.2, 0.25) is 0 Å². The smallest absolute Gasteiger partial charge is 0.265 e. The van der Waals surface area contributed by atoms with Gasteiger partial charge in [-0.3, -0.25) is 4.98 Å². The number of halogens is 1. The predicted molar refractivity (Wildman–Crippen MR) is 124 cm³/mol. The number of nitrogens with zero attached hydrogens (tertiary/aromatic N) is 5. The van der Waals surface area contributed by atoms with E-state index in [2.05, 4.69) is 9.38 Å². The van der Waals surface area contributed by atoms with Crippen LogP contribution in [0.25, 0.3) is 0 Å². The van der Waals surface area contributed by atoms with Crippen LogP contribution in [0, 0.1) is 0 Å². The maximum absolute atomic E-state index is 12.7. The first-order chi connectivity index (χ1) is 14.4. The molecule has 3 rings (SSSR count). The number of thioether (sulfide) groups is 1. The molecule has 0 amide bonds. The third kappa shape index (κ3) is 5.03. The molecule has 0 spiro atoms. The van der Waals surface area contributed by atoms with E-state index in [4.69, 9.17) is 16.7 Å². The summed E-state index contributed by atoms with van der Waals surface area (Å²) in [7, 11) is -3.78.